The van der Waals surface area contributed by atoms with Gasteiger partial charge in [-0.05, 0) is 12.5 Å². The van der Waals surface area contributed by atoms with E-state index in [-0.39, 0.29) is 11.6 Å². The van der Waals surface area contributed by atoms with Gasteiger partial charge < -0.3 is 0 Å². The molecule has 0 unspecified atom stereocenters. The third-order valence-corrected chi connectivity index (χ3v) is 2.90. The van der Waals surface area contributed by atoms with Crippen molar-refractivity contribution < 1.29 is 8.78 Å². The lowest BCUT2D eigenvalue weighted by atomic mass is 10.1. The van der Waals surface area contributed by atoms with Crippen LogP contribution in [0.5, 0.6) is 0 Å². The van der Waals surface area contributed by atoms with Crippen molar-refractivity contribution in [3.8, 4) is 11.4 Å². The van der Waals surface area contributed by atoms with Crippen LogP contribution in [0.25, 0.3) is 17.0 Å². The summed E-state index contributed by atoms with van der Waals surface area (Å²) < 4.78 is 28.2. The van der Waals surface area contributed by atoms with Crippen molar-refractivity contribution in [3.05, 3.63) is 47.9 Å². The summed E-state index contributed by atoms with van der Waals surface area (Å²) in [6, 6.07) is 2.56. The minimum atomic E-state index is -0.389. The van der Waals surface area contributed by atoms with Gasteiger partial charge in [0.2, 0.25) is 0 Å². The Balaban J connectivity index is 2.22. The zero-order valence-corrected chi connectivity index (χ0v) is 10.1. The summed E-state index contributed by atoms with van der Waals surface area (Å²) in [7, 11) is 0. The Hall–Kier alpha value is -2.37. The lowest BCUT2D eigenvalue weighted by Crippen LogP contribution is -1.96. The molecule has 3 aromatic heterocycles. The normalized spacial score (nSPS) is 11.1. The molecule has 6 heteroatoms. The molecule has 0 saturated heterocycles. The molecule has 0 aliphatic carbocycles. The Kier molecular flexibility index (Phi) is 2.70. The molecule has 0 aliphatic heterocycles. The maximum atomic E-state index is 13.7. The first-order valence-electron chi connectivity index (χ1n) is 5.83. The minimum absolute atomic E-state index is 0.342. The quantitative estimate of drug-likeness (QED) is 0.711. The number of nitrogens with zero attached hydrogens (tertiary/aromatic N) is 4. The number of pyridine rings is 2. The highest BCUT2D eigenvalue weighted by molar-refractivity contribution is 5.61. The number of hydrogen-bond donors (Lipinski definition) is 0. The molecule has 0 aliphatic rings. The van der Waals surface area contributed by atoms with Gasteiger partial charge in [0, 0.05) is 29.6 Å². The van der Waals surface area contributed by atoms with Crippen LogP contribution in [-0.4, -0.2) is 19.6 Å². The zero-order valence-electron chi connectivity index (χ0n) is 10.1. The molecule has 0 aromatic carbocycles. The van der Waals surface area contributed by atoms with Crippen LogP contribution in [0.15, 0.2) is 30.7 Å². The van der Waals surface area contributed by atoms with Crippen molar-refractivity contribution in [1.29, 1.82) is 0 Å². The van der Waals surface area contributed by atoms with E-state index in [4.69, 9.17) is 0 Å². The van der Waals surface area contributed by atoms with Gasteiger partial charge in [-0.1, -0.05) is 6.92 Å². The fraction of sp³-hybridized carbons (Fsp3) is 0.154. The first-order valence-corrected chi connectivity index (χ1v) is 5.83. The van der Waals surface area contributed by atoms with Crippen molar-refractivity contribution in [3.63, 3.8) is 0 Å². The number of fused-ring (bicyclic) bond motifs is 1. The van der Waals surface area contributed by atoms with Crippen LogP contribution in [0, 0.1) is 11.6 Å². The van der Waals surface area contributed by atoms with Crippen LogP contribution in [0.3, 0.4) is 0 Å². The molecule has 3 aromatic rings. The van der Waals surface area contributed by atoms with E-state index in [2.05, 4.69) is 15.1 Å². The van der Waals surface area contributed by atoms with Crippen molar-refractivity contribution in [2.45, 2.75) is 13.3 Å². The van der Waals surface area contributed by atoms with Crippen molar-refractivity contribution in [2.75, 3.05) is 0 Å². The molecule has 0 radical (unpaired) electrons. The fourth-order valence-electron chi connectivity index (χ4n) is 1.98. The first kappa shape index (κ1) is 11.7. The van der Waals surface area contributed by atoms with Crippen molar-refractivity contribution in [1.82, 2.24) is 19.6 Å². The minimum Gasteiger partial charge on any atom is -0.261 e. The summed E-state index contributed by atoms with van der Waals surface area (Å²) in [5, 5.41) is 4.21. The van der Waals surface area contributed by atoms with Gasteiger partial charge in [0.15, 0.2) is 11.5 Å². The molecule has 0 amide bonds. The topological polar surface area (TPSA) is 43.1 Å². The zero-order chi connectivity index (χ0) is 13.4. The van der Waals surface area contributed by atoms with Crippen molar-refractivity contribution >= 4 is 5.65 Å². The number of hydrogen-bond acceptors (Lipinski definition) is 3. The molecule has 0 atom stereocenters. The second kappa shape index (κ2) is 4.38. The SMILES string of the molecule is CCc1c(F)cncc1-c1nc2cc(F)ccn2n1. The molecule has 3 heterocycles. The summed E-state index contributed by atoms with van der Waals surface area (Å²) in [6.45, 7) is 1.84. The molecular formula is C13H10F2N4. The summed E-state index contributed by atoms with van der Waals surface area (Å²) in [6.07, 6.45) is 4.66. The van der Waals surface area contributed by atoms with Gasteiger partial charge in [-0.3, -0.25) is 4.98 Å². The highest BCUT2D eigenvalue weighted by atomic mass is 19.1. The van der Waals surface area contributed by atoms with Crippen LogP contribution in [-0.2, 0) is 6.42 Å². The summed E-state index contributed by atoms with van der Waals surface area (Å²) >= 11 is 0. The van der Waals surface area contributed by atoms with Crippen LogP contribution in [0.4, 0.5) is 8.78 Å². The second-order valence-electron chi connectivity index (χ2n) is 4.08. The molecule has 0 spiro atoms. The van der Waals surface area contributed by atoms with Gasteiger partial charge >= 0.3 is 0 Å². The first-order chi connectivity index (χ1) is 9.19. The predicted molar refractivity (Wildman–Crippen MR) is 65.5 cm³/mol. The molecule has 19 heavy (non-hydrogen) atoms. The molecule has 3 rings (SSSR count). The van der Waals surface area contributed by atoms with E-state index in [0.717, 1.165) is 6.20 Å². The van der Waals surface area contributed by atoms with Gasteiger partial charge in [-0.15, -0.1) is 5.10 Å². The predicted octanol–water partition coefficient (Wildman–Crippen LogP) is 2.63. The summed E-state index contributed by atoms with van der Waals surface area (Å²) in [5.74, 6) is -0.431. The van der Waals surface area contributed by atoms with Crippen LogP contribution in [0.2, 0.25) is 0 Å². The molecule has 0 N–H and O–H groups in total. The van der Waals surface area contributed by atoms with Crippen LogP contribution >= 0.6 is 0 Å². The Labute approximate surface area is 107 Å². The number of aromatic nitrogens is 4. The highest BCUT2D eigenvalue weighted by Gasteiger charge is 2.14. The standard InChI is InChI=1S/C13H10F2N4/c1-2-9-10(6-16-7-11(9)15)13-17-12-5-8(14)3-4-19(12)18-13/h3-7H,2H2,1H3. The van der Waals surface area contributed by atoms with E-state index in [9.17, 15) is 8.78 Å². The fourth-order valence-corrected chi connectivity index (χ4v) is 1.98. The molecule has 0 bridgehead atoms. The van der Waals surface area contributed by atoms with Gasteiger partial charge in [0.1, 0.15) is 11.6 Å². The monoisotopic (exact) mass is 260 g/mol. The molecule has 0 saturated carbocycles. The third-order valence-electron chi connectivity index (χ3n) is 2.90. The number of rotatable bonds is 2. The largest absolute Gasteiger partial charge is 0.261 e. The molecule has 0 fully saturated rings. The van der Waals surface area contributed by atoms with Gasteiger partial charge in [-0.25, -0.2) is 18.3 Å². The van der Waals surface area contributed by atoms with Gasteiger partial charge in [-0.2, -0.15) is 0 Å². The smallest absolute Gasteiger partial charge is 0.184 e. The summed E-state index contributed by atoms with van der Waals surface area (Å²) in [5.41, 5.74) is 1.42. The lowest BCUT2D eigenvalue weighted by molar-refractivity contribution is 0.606. The van der Waals surface area contributed by atoms with E-state index in [1.54, 1.807) is 0 Å². The molecule has 4 nitrogen and oxygen atoms in total. The van der Waals surface area contributed by atoms with Crippen LogP contribution in [0.1, 0.15) is 12.5 Å². The Morgan fingerprint density at radius 3 is 2.89 bits per heavy atom. The maximum Gasteiger partial charge on any atom is 0.184 e. The average molecular weight is 260 g/mol. The van der Waals surface area contributed by atoms with E-state index in [1.807, 2.05) is 6.92 Å². The Bertz CT molecular complexity index is 751. The number of halogens is 2. The molecule has 96 valence electrons. The van der Waals surface area contributed by atoms with Gasteiger partial charge in [0.25, 0.3) is 0 Å². The van der Waals surface area contributed by atoms with Gasteiger partial charge in [0.05, 0.1) is 6.20 Å². The Morgan fingerprint density at radius 2 is 2.11 bits per heavy atom. The average Bonchev–Trinajstić information content (AvgIpc) is 2.81. The third kappa shape index (κ3) is 1.95. The second-order valence-corrected chi connectivity index (χ2v) is 4.08. The van der Waals surface area contributed by atoms with E-state index in [1.165, 1.54) is 29.0 Å². The maximum absolute atomic E-state index is 13.7. The Morgan fingerprint density at radius 1 is 1.26 bits per heavy atom. The van der Waals surface area contributed by atoms with Crippen LogP contribution < -0.4 is 0 Å². The summed E-state index contributed by atoms with van der Waals surface area (Å²) in [4.78, 5) is 8.02. The van der Waals surface area contributed by atoms with E-state index in [0.29, 0.717) is 29.0 Å². The lowest BCUT2D eigenvalue weighted by Gasteiger charge is -2.03. The van der Waals surface area contributed by atoms with E-state index >= 15 is 0 Å². The van der Waals surface area contributed by atoms with Crippen molar-refractivity contribution in [2.24, 2.45) is 0 Å². The van der Waals surface area contributed by atoms with E-state index < -0.39 is 0 Å². The highest BCUT2D eigenvalue weighted by Crippen LogP contribution is 2.23. The molecular weight excluding hydrogens is 250 g/mol.